The van der Waals surface area contributed by atoms with Gasteiger partial charge in [-0.1, -0.05) is 232 Å². The second-order valence-electron chi connectivity index (χ2n) is 20.1. The minimum absolute atomic E-state index is 0.650. The van der Waals surface area contributed by atoms with Crippen molar-refractivity contribution in [3.8, 4) is 33.8 Å². The number of unbranched alkanes of at least 4 members (excludes halogenated alkanes) is 24. The highest BCUT2D eigenvalue weighted by Crippen LogP contribution is 2.48. The van der Waals surface area contributed by atoms with Crippen molar-refractivity contribution in [3.05, 3.63) is 71.4 Å². The van der Waals surface area contributed by atoms with Crippen LogP contribution in [0.5, 0.6) is 11.5 Å². The Morgan fingerprint density at radius 2 is 0.606 bits per heavy atom. The normalized spacial score (nSPS) is 12.7. The van der Waals surface area contributed by atoms with Gasteiger partial charge >= 0.3 is 0 Å². The molecule has 0 fully saturated rings. The minimum Gasteiger partial charge on any atom is -0.493 e. The second kappa shape index (κ2) is 33.6. The van der Waals surface area contributed by atoms with Crippen LogP contribution in [0.1, 0.15) is 233 Å². The zero-order valence-corrected chi connectivity index (χ0v) is 44.4. The average molecular weight is 936 g/mol. The maximum atomic E-state index is 6.61. The summed E-state index contributed by atoms with van der Waals surface area (Å²) in [5.74, 6) is 3.31. The lowest BCUT2D eigenvalue weighted by Crippen LogP contribution is -2.12. The SMILES string of the molecule is CCCCCCCCCCC(CCCCCCCC)COc1ccc(-c2c3ccsc3c(-c3ccc(OCC(CCCCCCCC)CCCCCCCCCC)cc3)c3ccsc23)cc1. The number of benzene rings is 3. The predicted molar refractivity (Wildman–Crippen MR) is 296 cm³/mol. The molecule has 366 valence electrons. The number of ether oxygens (including phenoxy) is 2. The Hall–Kier alpha value is -2.82. The summed E-state index contributed by atoms with van der Waals surface area (Å²) in [7, 11) is 0. The summed E-state index contributed by atoms with van der Waals surface area (Å²) < 4.78 is 15.9. The van der Waals surface area contributed by atoms with Crippen LogP contribution in [0.15, 0.2) is 71.4 Å². The smallest absolute Gasteiger partial charge is 0.119 e. The second-order valence-corrected chi connectivity index (χ2v) is 22.0. The highest BCUT2D eigenvalue weighted by molar-refractivity contribution is 7.20. The third-order valence-electron chi connectivity index (χ3n) is 14.4. The van der Waals surface area contributed by atoms with Gasteiger partial charge in [0.05, 0.1) is 13.2 Å². The van der Waals surface area contributed by atoms with Crippen LogP contribution in [0, 0.1) is 11.8 Å². The topological polar surface area (TPSA) is 18.5 Å². The first-order chi connectivity index (χ1) is 32.7. The molecule has 2 unspecified atom stereocenters. The highest BCUT2D eigenvalue weighted by atomic mass is 32.1. The fourth-order valence-electron chi connectivity index (χ4n) is 10.3. The van der Waals surface area contributed by atoms with Gasteiger partial charge in [0.2, 0.25) is 0 Å². The quantitative estimate of drug-likeness (QED) is 0.0364. The van der Waals surface area contributed by atoms with E-state index in [9.17, 15) is 0 Å². The van der Waals surface area contributed by atoms with Crippen molar-refractivity contribution in [2.24, 2.45) is 11.8 Å². The summed E-state index contributed by atoms with van der Waals surface area (Å²) in [6.07, 6.45) is 43.7. The molecule has 66 heavy (non-hydrogen) atoms. The molecular formula is C62H94O2S2. The molecule has 0 saturated carbocycles. The molecule has 0 spiro atoms. The molecule has 2 atom stereocenters. The molecular weight excluding hydrogens is 841 g/mol. The molecule has 0 bridgehead atoms. The van der Waals surface area contributed by atoms with E-state index in [-0.39, 0.29) is 0 Å². The fraction of sp³-hybridized carbons (Fsp3) is 0.645. The van der Waals surface area contributed by atoms with Crippen LogP contribution in [-0.2, 0) is 0 Å². The van der Waals surface area contributed by atoms with Crippen LogP contribution in [0.4, 0.5) is 0 Å². The Morgan fingerprint density at radius 1 is 0.333 bits per heavy atom. The van der Waals surface area contributed by atoms with Crippen molar-refractivity contribution >= 4 is 42.8 Å². The molecule has 2 aromatic heterocycles. The maximum absolute atomic E-state index is 6.61. The van der Waals surface area contributed by atoms with E-state index in [1.807, 2.05) is 22.7 Å². The number of fused-ring (bicyclic) bond motifs is 2. The molecule has 2 nitrogen and oxygen atoms in total. The minimum atomic E-state index is 0.650. The fourth-order valence-corrected chi connectivity index (χ4v) is 12.2. The van der Waals surface area contributed by atoms with Crippen LogP contribution in [0.25, 0.3) is 42.4 Å². The number of thiophene rings is 2. The van der Waals surface area contributed by atoms with Gasteiger partial charge in [-0.15, -0.1) is 22.7 Å². The lowest BCUT2D eigenvalue weighted by molar-refractivity contribution is 0.224. The molecule has 0 amide bonds. The summed E-state index contributed by atoms with van der Waals surface area (Å²) in [6, 6.07) is 22.8. The summed E-state index contributed by atoms with van der Waals surface area (Å²) in [5.41, 5.74) is 5.27. The van der Waals surface area contributed by atoms with Crippen molar-refractivity contribution in [2.45, 2.75) is 233 Å². The van der Waals surface area contributed by atoms with Crippen molar-refractivity contribution in [1.29, 1.82) is 0 Å². The van der Waals surface area contributed by atoms with Gasteiger partial charge in [0.15, 0.2) is 0 Å². The van der Waals surface area contributed by atoms with Crippen LogP contribution in [-0.4, -0.2) is 13.2 Å². The van der Waals surface area contributed by atoms with Crippen LogP contribution in [0.3, 0.4) is 0 Å². The number of hydrogen-bond donors (Lipinski definition) is 0. The first-order valence-electron chi connectivity index (χ1n) is 28.0. The van der Waals surface area contributed by atoms with Crippen molar-refractivity contribution < 1.29 is 9.47 Å². The third kappa shape index (κ3) is 19.3. The summed E-state index contributed by atoms with van der Waals surface area (Å²) >= 11 is 3.74. The molecule has 5 aromatic rings. The molecule has 0 aliphatic heterocycles. The molecule has 5 rings (SSSR count). The van der Waals surface area contributed by atoms with Gasteiger partial charge in [-0.05, 0) is 95.8 Å². The third-order valence-corrected chi connectivity index (χ3v) is 16.3. The van der Waals surface area contributed by atoms with Gasteiger partial charge in [-0.3, -0.25) is 0 Å². The van der Waals surface area contributed by atoms with E-state index in [1.165, 1.54) is 248 Å². The first-order valence-corrected chi connectivity index (χ1v) is 29.8. The molecule has 3 aromatic carbocycles. The highest BCUT2D eigenvalue weighted by Gasteiger charge is 2.20. The standard InChI is InChI=1S/C62H94O2S2/c1-5-9-13-17-21-23-27-31-35-51(33-29-25-19-15-11-7-3)49-63-55-41-37-53(38-42-55)59-57-45-47-66-62(57)60(58-46-48-65-61(58)59)54-39-43-56(44-40-54)64-50-52(34-30-26-20-16-12-8-4)36-32-28-24-22-18-14-10-6-2/h37-48,51-52H,5-36,49-50H2,1-4H3. The van der Waals surface area contributed by atoms with E-state index in [1.54, 1.807) is 0 Å². The number of hydrogen-bond acceptors (Lipinski definition) is 4. The van der Waals surface area contributed by atoms with Gasteiger partial charge in [-0.25, -0.2) is 0 Å². The Bertz CT molecular complexity index is 1750. The van der Waals surface area contributed by atoms with Crippen LogP contribution >= 0.6 is 22.7 Å². The first kappa shape index (κ1) is 54.1. The van der Waals surface area contributed by atoms with Gasteiger partial charge < -0.3 is 9.47 Å². The van der Waals surface area contributed by atoms with E-state index in [0.717, 1.165) is 24.7 Å². The monoisotopic (exact) mass is 935 g/mol. The van der Waals surface area contributed by atoms with Crippen LogP contribution in [0.2, 0.25) is 0 Å². The van der Waals surface area contributed by atoms with E-state index in [0.29, 0.717) is 11.8 Å². The lowest BCUT2D eigenvalue weighted by Gasteiger charge is -2.19. The molecule has 0 radical (unpaired) electrons. The molecule has 0 aliphatic carbocycles. The zero-order chi connectivity index (χ0) is 46.3. The molecule has 2 heterocycles. The Labute approximate surface area is 413 Å². The predicted octanol–water partition coefficient (Wildman–Crippen LogP) is 22.0. The number of rotatable bonds is 40. The Morgan fingerprint density at radius 3 is 0.894 bits per heavy atom. The maximum Gasteiger partial charge on any atom is 0.119 e. The van der Waals surface area contributed by atoms with E-state index >= 15 is 0 Å². The summed E-state index contributed by atoms with van der Waals surface area (Å²) in [5, 5.41) is 7.26. The largest absolute Gasteiger partial charge is 0.493 e. The summed E-state index contributed by atoms with van der Waals surface area (Å²) in [4.78, 5) is 0. The molecule has 0 aliphatic rings. The van der Waals surface area contributed by atoms with Crippen LogP contribution < -0.4 is 9.47 Å². The molecule has 4 heteroatoms. The Kier molecular flexibility index (Phi) is 27.6. The zero-order valence-electron chi connectivity index (χ0n) is 42.8. The van der Waals surface area contributed by atoms with Crippen molar-refractivity contribution in [3.63, 3.8) is 0 Å². The van der Waals surface area contributed by atoms with Crippen molar-refractivity contribution in [2.75, 3.05) is 13.2 Å². The lowest BCUT2D eigenvalue weighted by atomic mass is 9.93. The van der Waals surface area contributed by atoms with Gasteiger partial charge in [0, 0.05) is 31.3 Å². The molecule has 0 saturated heterocycles. The van der Waals surface area contributed by atoms with E-state index in [4.69, 9.17) is 9.47 Å². The van der Waals surface area contributed by atoms with E-state index < -0.39 is 0 Å². The van der Waals surface area contributed by atoms with Gasteiger partial charge in [-0.2, -0.15) is 0 Å². The summed E-state index contributed by atoms with van der Waals surface area (Å²) in [6.45, 7) is 10.9. The average Bonchev–Trinajstić information content (AvgIpc) is 4.04. The van der Waals surface area contributed by atoms with Gasteiger partial charge in [0.1, 0.15) is 11.5 Å². The van der Waals surface area contributed by atoms with E-state index in [2.05, 4.69) is 99.1 Å². The van der Waals surface area contributed by atoms with Gasteiger partial charge in [0.25, 0.3) is 0 Å². The molecule has 0 N–H and O–H groups in total. The Balaban J connectivity index is 1.20. The van der Waals surface area contributed by atoms with Crippen molar-refractivity contribution in [1.82, 2.24) is 0 Å².